The van der Waals surface area contributed by atoms with Gasteiger partial charge in [0.1, 0.15) is 0 Å². The van der Waals surface area contributed by atoms with Crippen LogP contribution in [0.3, 0.4) is 0 Å². The van der Waals surface area contributed by atoms with Gasteiger partial charge in [-0.25, -0.2) is 0 Å². The van der Waals surface area contributed by atoms with E-state index in [0.717, 1.165) is 30.8 Å². The van der Waals surface area contributed by atoms with Crippen LogP contribution in [0, 0.1) is 12.8 Å². The number of rotatable bonds is 3. The molecule has 1 aliphatic rings. The molecule has 0 radical (unpaired) electrons. The maximum Gasteiger partial charge on any atom is 0.224 e. The number of hydrogen-bond acceptors (Lipinski definition) is 2. The minimum Gasteiger partial charge on any atom is -0.326 e. The summed E-state index contributed by atoms with van der Waals surface area (Å²) in [4.78, 5) is 11.8. The third-order valence-corrected chi connectivity index (χ3v) is 3.35. The summed E-state index contributed by atoms with van der Waals surface area (Å²) in [6.07, 6.45) is 1.67. The van der Waals surface area contributed by atoms with Crippen molar-refractivity contribution >= 4 is 23.2 Å². The van der Waals surface area contributed by atoms with E-state index in [4.69, 9.17) is 11.6 Å². The number of halogens is 1. The molecular formula is C13H17ClN2O. The Balaban J connectivity index is 1.95. The summed E-state index contributed by atoms with van der Waals surface area (Å²) in [6, 6.07) is 5.53. The van der Waals surface area contributed by atoms with E-state index in [1.807, 2.05) is 19.1 Å². The number of carbonyl (C=O) groups is 1. The van der Waals surface area contributed by atoms with Gasteiger partial charge in [0.25, 0.3) is 0 Å². The number of carbonyl (C=O) groups excluding carboxylic acids is 1. The lowest BCUT2D eigenvalue weighted by Crippen LogP contribution is -2.18. The highest BCUT2D eigenvalue weighted by Crippen LogP contribution is 2.21. The zero-order valence-corrected chi connectivity index (χ0v) is 10.7. The lowest BCUT2D eigenvalue weighted by atomic mass is 10.0. The van der Waals surface area contributed by atoms with Gasteiger partial charge in [0.2, 0.25) is 5.91 Å². The third kappa shape index (κ3) is 3.45. The zero-order chi connectivity index (χ0) is 12.3. The quantitative estimate of drug-likeness (QED) is 0.868. The molecule has 4 heteroatoms. The fourth-order valence-corrected chi connectivity index (χ4v) is 2.25. The Bertz CT molecular complexity index is 414. The standard InChI is InChI=1S/C13H17ClN2O/c1-9-2-3-11(14)7-12(9)16-13(17)6-10-4-5-15-8-10/h2-3,7,10,15H,4-6,8H2,1H3,(H,16,17). The molecule has 0 saturated carbocycles. The summed E-state index contributed by atoms with van der Waals surface area (Å²) in [7, 11) is 0. The number of hydrogen-bond donors (Lipinski definition) is 2. The second-order valence-electron chi connectivity index (χ2n) is 4.57. The van der Waals surface area contributed by atoms with Gasteiger partial charge in [-0.1, -0.05) is 17.7 Å². The highest BCUT2D eigenvalue weighted by Gasteiger charge is 2.18. The van der Waals surface area contributed by atoms with Crippen molar-refractivity contribution in [3.8, 4) is 0 Å². The summed E-state index contributed by atoms with van der Waals surface area (Å²) in [6.45, 7) is 3.93. The molecule has 1 aromatic rings. The molecule has 1 fully saturated rings. The smallest absolute Gasteiger partial charge is 0.224 e. The van der Waals surface area contributed by atoms with Crippen molar-refractivity contribution in [2.75, 3.05) is 18.4 Å². The Morgan fingerprint density at radius 2 is 2.41 bits per heavy atom. The van der Waals surface area contributed by atoms with Crippen LogP contribution < -0.4 is 10.6 Å². The largest absolute Gasteiger partial charge is 0.326 e. The molecule has 0 bridgehead atoms. The molecule has 2 N–H and O–H groups in total. The summed E-state index contributed by atoms with van der Waals surface area (Å²) in [5.74, 6) is 0.540. The van der Waals surface area contributed by atoms with Crippen molar-refractivity contribution in [3.63, 3.8) is 0 Å². The van der Waals surface area contributed by atoms with E-state index < -0.39 is 0 Å². The topological polar surface area (TPSA) is 41.1 Å². The van der Waals surface area contributed by atoms with Crippen LogP contribution in [-0.2, 0) is 4.79 Å². The highest BCUT2D eigenvalue weighted by molar-refractivity contribution is 6.31. The predicted molar refractivity (Wildman–Crippen MR) is 70.4 cm³/mol. The van der Waals surface area contributed by atoms with Crippen LogP contribution in [0.4, 0.5) is 5.69 Å². The van der Waals surface area contributed by atoms with Crippen LogP contribution in [0.25, 0.3) is 0 Å². The molecule has 2 rings (SSSR count). The molecule has 1 aromatic carbocycles. The third-order valence-electron chi connectivity index (χ3n) is 3.11. The average molecular weight is 253 g/mol. The van der Waals surface area contributed by atoms with Gasteiger partial charge in [0.05, 0.1) is 0 Å². The maximum atomic E-state index is 11.8. The zero-order valence-electron chi connectivity index (χ0n) is 9.92. The maximum absolute atomic E-state index is 11.8. The van der Waals surface area contributed by atoms with Crippen LogP contribution in [-0.4, -0.2) is 19.0 Å². The summed E-state index contributed by atoms with van der Waals surface area (Å²) in [5.41, 5.74) is 1.85. The molecule has 0 aliphatic carbocycles. The van der Waals surface area contributed by atoms with Gasteiger partial charge < -0.3 is 10.6 Å². The van der Waals surface area contributed by atoms with Crippen molar-refractivity contribution in [3.05, 3.63) is 28.8 Å². The van der Waals surface area contributed by atoms with Crippen LogP contribution in [0.1, 0.15) is 18.4 Å². The first-order valence-corrected chi connectivity index (χ1v) is 6.29. The van der Waals surface area contributed by atoms with Crippen molar-refractivity contribution < 1.29 is 4.79 Å². The van der Waals surface area contributed by atoms with E-state index in [1.54, 1.807) is 6.07 Å². The summed E-state index contributed by atoms with van der Waals surface area (Å²) < 4.78 is 0. The molecule has 1 amide bonds. The molecule has 1 saturated heterocycles. The fourth-order valence-electron chi connectivity index (χ4n) is 2.08. The summed E-state index contributed by atoms with van der Waals surface area (Å²) >= 11 is 5.91. The SMILES string of the molecule is Cc1ccc(Cl)cc1NC(=O)CC1CCNC1. The Morgan fingerprint density at radius 3 is 3.12 bits per heavy atom. The minimum atomic E-state index is 0.0732. The first-order valence-electron chi connectivity index (χ1n) is 5.92. The molecule has 17 heavy (non-hydrogen) atoms. The second-order valence-corrected chi connectivity index (χ2v) is 5.01. The normalized spacial score (nSPS) is 19.3. The first-order chi connectivity index (χ1) is 8.15. The van der Waals surface area contributed by atoms with Gasteiger partial charge in [-0.05, 0) is 50.0 Å². The van der Waals surface area contributed by atoms with Crippen molar-refractivity contribution in [2.45, 2.75) is 19.8 Å². The number of nitrogens with one attached hydrogen (secondary N) is 2. The van der Waals surface area contributed by atoms with Crippen LogP contribution in [0.5, 0.6) is 0 Å². The number of aryl methyl sites for hydroxylation is 1. The van der Waals surface area contributed by atoms with Crippen molar-refractivity contribution in [1.29, 1.82) is 0 Å². The van der Waals surface area contributed by atoms with Crippen molar-refractivity contribution in [1.82, 2.24) is 5.32 Å². The van der Waals surface area contributed by atoms with Gasteiger partial charge in [0.15, 0.2) is 0 Å². The predicted octanol–water partition coefficient (Wildman–Crippen LogP) is 2.59. The molecule has 1 unspecified atom stereocenters. The Morgan fingerprint density at radius 1 is 1.59 bits per heavy atom. The minimum absolute atomic E-state index is 0.0732. The van der Waals surface area contributed by atoms with Crippen molar-refractivity contribution in [2.24, 2.45) is 5.92 Å². The van der Waals surface area contributed by atoms with Crippen LogP contribution in [0.15, 0.2) is 18.2 Å². The second kappa shape index (κ2) is 5.52. The Labute approximate surface area is 107 Å². The van der Waals surface area contributed by atoms with Gasteiger partial charge in [-0.3, -0.25) is 4.79 Å². The molecule has 1 aliphatic heterocycles. The van der Waals surface area contributed by atoms with Crippen LogP contribution >= 0.6 is 11.6 Å². The number of benzene rings is 1. The van der Waals surface area contributed by atoms with Crippen LogP contribution in [0.2, 0.25) is 5.02 Å². The molecule has 3 nitrogen and oxygen atoms in total. The lowest BCUT2D eigenvalue weighted by Gasteiger charge is -2.11. The number of amides is 1. The van der Waals surface area contributed by atoms with E-state index >= 15 is 0 Å². The van der Waals surface area contributed by atoms with E-state index in [-0.39, 0.29) is 5.91 Å². The van der Waals surface area contributed by atoms with Gasteiger partial charge in [-0.15, -0.1) is 0 Å². The summed E-state index contributed by atoms with van der Waals surface area (Å²) in [5, 5.41) is 6.83. The molecule has 1 atom stereocenters. The lowest BCUT2D eigenvalue weighted by molar-refractivity contribution is -0.116. The van der Waals surface area contributed by atoms with E-state index in [1.165, 1.54) is 0 Å². The average Bonchev–Trinajstić information content (AvgIpc) is 2.76. The molecule has 1 heterocycles. The Hall–Kier alpha value is -1.06. The Kier molecular flexibility index (Phi) is 4.02. The molecule has 92 valence electrons. The molecule has 0 spiro atoms. The van der Waals surface area contributed by atoms with E-state index in [9.17, 15) is 4.79 Å². The number of anilines is 1. The van der Waals surface area contributed by atoms with E-state index in [0.29, 0.717) is 17.4 Å². The monoisotopic (exact) mass is 252 g/mol. The van der Waals surface area contributed by atoms with Gasteiger partial charge in [0, 0.05) is 17.1 Å². The fraction of sp³-hybridized carbons (Fsp3) is 0.462. The van der Waals surface area contributed by atoms with E-state index in [2.05, 4.69) is 10.6 Å². The highest BCUT2D eigenvalue weighted by atomic mass is 35.5. The first kappa shape index (κ1) is 12.4. The molecule has 0 aromatic heterocycles. The van der Waals surface area contributed by atoms with Gasteiger partial charge in [-0.2, -0.15) is 0 Å². The van der Waals surface area contributed by atoms with Gasteiger partial charge >= 0.3 is 0 Å². The molecular weight excluding hydrogens is 236 g/mol.